The first kappa shape index (κ1) is 18.6. The Balaban J connectivity index is 1.54. The van der Waals surface area contributed by atoms with Crippen LogP contribution in [0.3, 0.4) is 0 Å². The number of nitrogens with zero attached hydrogens (tertiary/aromatic N) is 3. The normalized spacial score (nSPS) is 12.0. The van der Waals surface area contributed by atoms with Crippen LogP contribution in [0, 0.1) is 19.7 Å². The van der Waals surface area contributed by atoms with Crippen LogP contribution in [0.4, 0.5) is 4.39 Å². The minimum absolute atomic E-state index is 0.00194. The van der Waals surface area contributed by atoms with Gasteiger partial charge in [-0.05, 0) is 39.0 Å². The van der Waals surface area contributed by atoms with Crippen molar-refractivity contribution in [2.75, 3.05) is 0 Å². The number of carbonyl (C=O) groups is 1. The van der Waals surface area contributed by atoms with Crippen molar-refractivity contribution in [1.29, 1.82) is 0 Å². The van der Waals surface area contributed by atoms with Crippen LogP contribution in [0.25, 0.3) is 0 Å². The first-order valence-corrected chi connectivity index (χ1v) is 8.55. The van der Waals surface area contributed by atoms with Crippen molar-refractivity contribution >= 4 is 5.91 Å². The van der Waals surface area contributed by atoms with Crippen molar-refractivity contribution in [1.82, 2.24) is 20.1 Å². The monoisotopic (exact) mass is 372 g/mol. The Labute approximate surface area is 156 Å². The second-order valence-electron chi connectivity index (χ2n) is 6.36. The summed E-state index contributed by atoms with van der Waals surface area (Å²) < 4.78 is 25.6. The van der Waals surface area contributed by atoms with Crippen molar-refractivity contribution in [3.05, 3.63) is 65.4 Å². The van der Waals surface area contributed by atoms with E-state index in [1.165, 1.54) is 18.4 Å². The van der Waals surface area contributed by atoms with Gasteiger partial charge in [-0.2, -0.15) is 5.10 Å². The van der Waals surface area contributed by atoms with Gasteiger partial charge in [0.15, 0.2) is 12.3 Å². The molecule has 0 unspecified atom stereocenters. The highest BCUT2D eigenvalue weighted by Gasteiger charge is 2.16. The molecule has 27 heavy (non-hydrogen) atoms. The Morgan fingerprint density at radius 3 is 2.89 bits per heavy atom. The molecule has 3 aromatic rings. The Hall–Kier alpha value is -3.16. The van der Waals surface area contributed by atoms with Crippen molar-refractivity contribution in [3.63, 3.8) is 0 Å². The highest BCUT2D eigenvalue weighted by atomic mass is 19.1. The molecule has 0 radical (unpaired) electrons. The lowest BCUT2D eigenvalue weighted by atomic mass is 10.3. The molecule has 0 saturated carbocycles. The minimum atomic E-state index is -0.392. The number of aryl methyl sites for hydroxylation is 2. The molecule has 1 amide bonds. The molecular formula is C19H21FN4O3. The molecule has 0 bridgehead atoms. The van der Waals surface area contributed by atoms with E-state index in [0.717, 1.165) is 11.4 Å². The number of benzene rings is 1. The molecule has 0 fully saturated rings. The smallest absolute Gasteiger partial charge is 0.273 e. The maximum Gasteiger partial charge on any atom is 0.273 e. The Morgan fingerprint density at radius 1 is 1.37 bits per heavy atom. The second kappa shape index (κ2) is 8.03. The lowest BCUT2D eigenvalue weighted by Crippen LogP contribution is -2.36. The quantitative estimate of drug-likeness (QED) is 0.689. The number of oxazole rings is 1. The molecule has 0 saturated heterocycles. The summed E-state index contributed by atoms with van der Waals surface area (Å²) in [7, 11) is 0. The number of hydrogen-bond acceptors (Lipinski definition) is 5. The maximum atomic E-state index is 13.1. The highest BCUT2D eigenvalue weighted by Crippen LogP contribution is 2.14. The molecule has 2 aromatic heterocycles. The SMILES string of the molecule is Cc1cc(C)n(C[C@@H](C)NC(=O)c2coc(COc3cccc(F)c3)n2)n1. The summed E-state index contributed by atoms with van der Waals surface area (Å²) >= 11 is 0. The fourth-order valence-electron chi connectivity index (χ4n) is 2.65. The third-order valence-electron chi connectivity index (χ3n) is 3.87. The summed E-state index contributed by atoms with van der Waals surface area (Å²) in [5.41, 5.74) is 2.13. The van der Waals surface area contributed by atoms with Gasteiger partial charge in [0, 0.05) is 17.8 Å². The lowest BCUT2D eigenvalue weighted by Gasteiger charge is -2.14. The zero-order chi connectivity index (χ0) is 19.4. The Bertz CT molecular complexity index is 935. The molecule has 8 heteroatoms. The molecule has 0 aliphatic carbocycles. The number of carbonyl (C=O) groups excluding carboxylic acids is 1. The van der Waals surface area contributed by atoms with Crippen molar-refractivity contribution in [3.8, 4) is 5.75 Å². The van der Waals surface area contributed by atoms with Crippen molar-refractivity contribution in [2.24, 2.45) is 0 Å². The molecular weight excluding hydrogens is 351 g/mol. The van der Waals surface area contributed by atoms with Crippen LogP contribution in [0.1, 0.15) is 34.7 Å². The number of ether oxygens (including phenoxy) is 1. The molecule has 1 N–H and O–H groups in total. The van der Waals surface area contributed by atoms with E-state index < -0.39 is 5.82 Å². The van der Waals surface area contributed by atoms with E-state index in [1.807, 2.05) is 31.5 Å². The van der Waals surface area contributed by atoms with Gasteiger partial charge >= 0.3 is 0 Å². The lowest BCUT2D eigenvalue weighted by molar-refractivity contribution is 0.0930. The number of hydrogen-bond donors (Lipinski definition) is 1. The molecule has 3 rings (SSSR count). The number of aromatic nitrogens is 3. The number of rotatable bonds is 7. The first-order valence-electron chi connectivity index (χ1n) is 8.55. The predicted molar refractivity (Wildman–Crippen MR) is 95.9 cm³/mol. The average Bonchev–Trinajstić information content (AvgIpc) is 3.20. The Kier molecular flexibility index (Phi) is 5.54. The standard InChI is InChI=1S/C19H21FN4O3/c1-12-7-14(3)24(23-12)9-13(2)21-19(25)17-10-27-18(22-17)11-26-16-6-4-5-15(20)8-16/h4-8,10,13H,9,11H2,1-3H3,(H,21,25)/t13-/m1/s1. The molecule has 1 aromatic carbocycles. The van der Waals surface area contributed by atoms with Crippen LogP contribution in [0.5, 0.6) is 5.75 Å². The first-order chi connectivity index (χ1) is 12.9. The van der Waals surface area contributed by atoms with E-state index in [9.17, 15) is 9.18 Å². The zero-order valence-electron chi connectivity index (χ0n) is 15.4. The third-order valence-corrected chi connectivity index (χ3v) is 3.87. The fourth-order valence-corrected chi connectivity index (χ4v) is 2.65. The molecule has 2 heterocycles. The van der Waals surface area contributed by atoms with E-state index in [-0.39, 0.29) is 30.1 Å². The predicted octanol–water partition coefficient (Wildman–Crippen LogP) is 3.02. The fraction of sp³-hybridized carbons (Fsp3) is 0.316. The number of amides is 1. The molecule has 7 nitrogen and oxygen atoms in total. The van der Waals surface area contributed by atoms with Crippen LogP contribution in [-0.4, -0.2) is 26.7 Å². The topological polar surface area (TPSA) is 82.2 Å². The Morgan fingerprint density at radius 2 is 2.19 bits per heavy atom. The summed E-state index contributed by atoms with van der Waals surface area (Å²) in [6, 6.07) is 7.60. The highest BCUT2D eigenvalue weighted by molar-refractivity contribution is 5.92. The maximum absolute atomic E-state index is 13.1. The van der Waals surface area contributed by atoms with Gasteiger partial charge < -0.3 is 14.5 Å². The molecule has 0 aliphatic rings. The van der Waals surface area contributed by atoms with Gasteiger partial charge in [0.05, 0.1) is 12.2 Å². The number of halogens is 1. The summed E-state index contributed by atoms with van der Waals surface area (Å²) in [4.78, 5) is 16.4. The molecule has 1 atom stereocenters. The van der Waals surface area contributed by atoms with Gasteiger partial charge in [0.25, 0.3) is 5.91 Å². The molecule has 0 aliphatic heterocycles. The van der Waals surface area contributed by atoms with Gasteiger partial charge in [-0.15, -0.1) is 0 Å². The van der Waals surface area contributed by atoms with Gasteiger partial charge in [0.2, 0.25) is 5.89 Å². The molecule has 142 valence electrons. The van der Waals surface area contributed by atoms with Crippen molar-refractivity contribution < 1.29 is 18.3 Å². The second-order valence-corrected chi connectivity index (χ2v) is 6.36. The summed E-state index contributed by atoms with van der Waals surface area (Å²) in [5.74, 6) is -0.144. The van der Waals surface area contributed by atoms with E-state index in [4.69, 9.17) is 9.15 Å². The number of nitrogens with one attached hydrogen (secondary N) is 1. The zero-order valence-corrected chi connectivity index (χ0v) is 15.4. The largest absolute Gasteiger partial charge is 0.484 e. The van der Waals surface area contributed by atoms with Crippen LogP contribution in [-0.2, 0) is 13.2 Å². The third kappa shape index (κ3) is 4.93. The van der Waals surface area contributed by atoms with E-state index >= 15 is 0 Å². The van der Waals surface area contributed by atoms with Gasteiger partial charge in [-0.25, -0.2) is 9.37 Å². The van der Waals surface area contributed by atoms with Crippen LogP contribution in [0.2, 0.25) is 0 Å². The van der Waals surface area contributed by atoms with E-state index in [0.29, 0.717) is 12.3 Å². The minimum Gasteiger partial charge on any atom is -0.484 e. The van der Waals surface area contributed by atoms with Gasteiger partial charge in [0.1, 0.15) is 17.8 Å². The van der Waals surface area contributed by atoms with Crippen LogP contribution < -0.4 is 10.1 Å². The van der Waals surface area contributed by atoms with Gasteiger partial charge in [-0.1, -0.05) is 6.07 Å². The summed E-state index contributed by atoms with van der Waals surface area (Å²) in [6.07, 6.45) is 1.27. The molecule has 0 spiro atoms. The van der Waals surface area contributed by atoms with E-state index in [2.05, 4.69) is 15.4 Å². The summed E-state index contributed by atoms with van der Waals surface area (Å²) in [5, 5.41) is 7.24. The summed E-state index contributed by atoms with van der Waals surface area (Å²) in [6.45, 7) is 6.34. The van der Waals surface area contributed by atoms with Crippen LogP contribution in [0.15, 0.2) is 41.0 Å². The van der Waals surface area contributed by atoms with Gasteiger partial charge in [-0.3, -0.25) is 9.48 Å². The van der Waals surface area contributed by atoms with E-state index in [1.54, 1.807) is 12.1 Å². The van der Waals surface area contributed by atoms with Crippen molar-refractivity contribution in [2.45, 2.75) is 40.0 Å². The van der Waals surface area contributed by atoms with Crippen LogP contribution >= 0.6 is 0 Å². The average molecular weight is 372 g/mol.